The van der Waals surface area contributed by atoms with Crippen LogP contribution in [0.2, 0.25) is 0 Å². The zero-order valence-electron chi connectivity index (χ0n) is 35.1. The number of ether oxygens (including phenoxy) is 1. The van der Waals surface area contributed by atoms with Gasteiger partial charge in [-0.2, -0.15) is 8.67 Å². The molecule has 0 radical (unpaired) electrons. The van der Waals surface area contributed by atoms with Gasteiger partial charge < -0.3 is 40.5 Å². The number of aromatic hydroxyl groups is 1. The van der Waals surface area contributed by atoms with Gasteiger partial charge >= 0.3 is 148 Å². The molecular formula is C27H22N5Na5O23S7. The van der Waals surface area contributed by atoms with E-state index in [4.69, 9.17) is 14.7 Å². The minimum Gasteiger partial charge on any atom is -0.744 e. The van der Waals surface area contributed by atoms with E-state index in [-0.39, 0.29) is 216 Å². The van der Waals surface area contributed by atoms with Crippen molar-refractivity contribution in [2.75, 3.05) is 37.6 Å². The molecule has 0 aromatic heterocycles. The molecule has 0 atom stereocenters. The summed E-state index contributed by atoms with van der Waals surface area (Å²) in [5, 5.41) is 67.2. The van der Waals surface area contributed by atoms with Gasteiger partial charge in [0, 0.05) is 0 Å². The third-order valence-corrected chi connectivity index (χ3v) is 13.6. The first-order valence-corrected chi connectivity index (χ1v) is 23.7. The number of nitrogens with two attached hydrogens (primary N) is 1. The summed E-state index contributed by atoms with van der Waals surface area (Å²) in [6.07, 6.45) is 0. The standard InChI is InChI=1S/C27H27N5O23S7.5Na/c1-47-19-5-3-15(59(37,38)8-6-48-58-55-52-36)12-18(19)30-31-25-21(57-54-51-35)10-14-11-22(61(41,42)43)26(24(28)23(14)27(25)33)32-29-17-4-2-16(13-20(17)56-53-50-34)60(39,40)9-7-49-62(44,45)46;;;;;/h2-5,10-13,33-36H,6-9,28H2,1H3,(H,41,42,43)(H,44,45,46);;;;;/q;5*+1/p-5. The average Bonchev–Trinajstić information content (AvgIpc) is 3.20. The molecule has 40 heteroatoms. The average molecular weight is 1120 g/mol. The second-order valence-corrected chi connectivity index (χ2v) is 19.6. The maximum Gasteiger partial charge on any atom is 1.00 e. The molecule has 0 bridgehead atoms. The third kappa shape index (κ3) is 20.7. The van der Waals surface area contributed by atoms with Crippen LogP contribution in [0.4, 0.5) is 28.4 Å². The van der Waals surface area contributed by atoms with Crippen LogP contribution < -0.4 is 174 Å². The summed E-state index contributed by atoms with van der Waals surface area (Å²) >= 11 is 0.260. The van der Waals surface area contributed by atoms with E-state index in [0.717, 1.165) is 36.4 Å². The Hall–Kier alpha value is 1.07. The molecule has 0 unspecified atom stereocenters. The number of methoxy groups -OCH3 is 1. The number of hydrogen-bond donors (Lipinski definition) is 2. The smallest absolute Gasteiger partial charge is 0.744 e. The van der Waals surface area contributed by atoms with Crippen molar-refractivity contribution in [3.63, 3.8) is 0 Å². The Morgan fingerprint density at radius 3 is 1.76 bits per heavy atom. The van der Waals surface area contributed by atoms with Crippen molar-refractivity contribution in [1.82, 2.24) is 0 Å². The van der Waals surface area contributed by atoms with Crippen molar-refractivity contribution in [2.45, 2.75) is 24.5 Å². The minimum absolute atomic E-state index is 0. The predicted octanol–water partition coefficient (Wildman–Crippen LogP) is -13.8. The summed E-state index contributed by atoms with van der Waals surface area (Å²) in [6.45, 7) is -1.53. The van der Waals surface area contributed by atoms with Crippen LogP contribution in [0.3, 0.4) is 0 Å². The van der Waals surface area contributed by atoms with Crippen LogP contribution >= 0.6 is 36.4 Å². The van der Waals surface area contributed by atoms with E-state index in [9.17, 15) is 63.7 Å². The van der Waals surface area contributed by atoms with Gasteiger partial charge in [-0.3, -0.25) is 23.5 Å². The molecule has 0 fully saturated rings. The molecule has 0 amide bonds. The summed E-state index contributed by atoms with van der Waals surface area (Å²) in [5.41, 5.74) is 3.37. The van der Waals surface area contributed by atoms with Crippen LogP contribution in [0.5, 0.6) is 11.5 Å². The quantitative estimate of drug-likeness (QED) is 0.00757. The fourth-order valence-electron chi connectivity index (χ4n) is 4.74. The molecule has 0 aliphatic rings. The Morgan fingerprint density at radius 2 is 1.19 bits per heavy atom. The number of rotatable bonds is 24. The molecule has 67 heavy (non-hydrogen) atoms. The van der Waals surface area contributed by atoms with Crippen LogP contribution in [0.25, 0.3) is 10.8 Å². The van der Waals surface area contributed by atoms with Crippen molar-refractivity contribution in [2.24, 2.45) is 20.5 Å². The SMILES string of the molecule is COc1ccc(S(=O)(=O)CCOSOO[O-])cc1N=Nc1c(SOO[O-])cc2cc(S(=O)(=O)[O-])c(N=Nc3ccc(S(=O)(=O)CCOS(=O)(=O)[O-])cc3SOO[O-])c(N)c2c1O.[Na+].[Na+].[Na+].[Na+].[Na+]. The van der Waals surface area contributed by atoms with Gasteiger partial charge in [0.2, 0.25) is 10.4 Å². The third-order valence-electron chi connectivity index (χ3n) is 7.32. The van der Waals surface area contributed by atoms with Gasteiger partial charge in [0.25, 0.3) is 0 Å². The van der Waals surface area contributed by atoms with Crippen molar-refractivity contribution >= 4 is 116 Å². The van der Waals surface area contributed by atoms with E-state index in [2.05, 4.69) is 52.8 Å². The largest absolute Gasteiger partial charge is 1.00 e. The molecule has 3 N–H and O–H groups in total. The van der Waals surface area contributed by atoms with Crippen molar-refractivity contribution in [3.05, 3.63) is 48.5 Å². The van der Waals surface area contributed by atoms with Gasteiger partial charge in [0.05, 0.1) is 91.5 Å². The normalized spacial score (nSPS) is 11.9. The number of nitrogens with zero attached hydrogens (tertiary/aromatic N) is 4. The van der Waals surface area contributed by atoms with Crippen LogP contribution in [0.15, 0.2) is 93.5 Å². The van der Waals surface area contributed by atoms with E-state index in [1.54, 1.807) is 0 Å². The molecule has 4 rings (SSSR count). The second-order valence-electron chi connectivity index (χ2n) is 11.0. The van der Waals surface area contributed by atoms with Crippen molar-refractivity contribution in [3.8, 4) is 11.5 Å². The Bertz CT molecular complexity index is 2800. The van der Waals surface area contributed by atoms with E-state index >= 15 is 0 Å². The first-order chi connectivity index (χ1) is 29.2. The molecule has 0 aliphatic carbocycles. The number of sulfone groups is 2. The molecule has 4 aromatic rings. The number of benzene rings is 4. The Labute approximate surface area is 503 Å². The zero-order chi connectivity index (χ0) is 45.9. The molecule has 0 saturated carbocycles. The topological polar surface area (TPSA) is 431 Å². The first-order valence-electron chi connectivity index (χ1n) is 15.5. The van der Waals surface area contributed by atoms with Gasteiger partial charge in [0.15, 0.2) is 37.7 Å². The summed E-state index contributed by atoms with van der Waals surface area (Å²) in [6, 6.07) is 7.71. The monoisotopic (exact) mass is 1120 g/mol. The summed E-state index contributed by atoms with van der Waals surface area (Å²) in [4.78, 5) is -2.74. The summed E-state index contributed by atoms with van der Waals surface area (Å²) in [5.74, 6) is -2.64. The predicted molar refractivity (Wildman–Crippen MR) is 197 cm³/mol. The van der Waals surface area contributed by atoms with Gasteiger partial charge in [-0.1, -0.05) is 0 Å². The van der Waals surface area contributed by atoms with Crippen LogP contribution in [-0.2, 0) is 76.7 Å². The van der Waals surface area contributed by atoms with Crippen LogP contribution in [-0.4, -0.2) is 79.7 Å². The number of fused-ring (bicyclic) bond motifs is 1. The summed E-state index contributed by atoms with van der Waals surface area (Å²) < 4.78 is 147. The van der Waals surface area contributed by atoms with E-state index < -0.39 is 109 Å². The van der Waals surface area contributed by atoms with Gasteiger partial charge in [-0.05, 0) is 53.9 Å². The van der Waals surface area contributed by atoms with Crippen LogP contribution in [0.1, 0.15) is 0 Å². The van der Waals surface area contributed by atoms with Crippen LogP contribution in [0, 0.1) is 0 Å². The molecule has 0 heterocycles. The maximum absolute atomic E-state index is 12.9. The Morgan fingerprint density at radius 1 is 0.657 bits per heavy atom. The van der Waals surface area contributed by atoms with E-state index in [1.807, 2.05) is 0 Å². The first kappa shape index (κ1) is 70.1. The molecule has 0 saturated heterocycles. The number of anilines is 1. The summed E-state index contributed by atoms with van der Waals surface area (Å²) in [7, 11) is -18.1. The number of nitrogen functional groups attached to an aromatic ring is 1. The molecule has 340 valence electrons. The van der Waals surface area contributed by atoms with Gasteiger partial charge in [0.1, 0.15) is 38.6 Å². The Kier molecular flexibility index (Phi) is 33.9. The van der Waals surface area contributed by atoms with E-state index in [1.165, 1.54) is 13.2 Å². The Balaban J connectivity index is 0. The molecule has 0 spiro atoms. The van der Waals surface area contributed by atoms with Crippen molar-refractivity contribution in [1.29, 1.82) is 0 Å². The molecule has 0 aliphatic heterocycles. The van der Waals surface area contributed by atoms with Gasteiger partial charge in [-0.25, -0.2) is 33.7 Å². The van der Waals surface area contributed by atoms with E-state index in [0.29, 0.717) is 6.07 Å². The van der Waals surface area contributed by atoms with Crippen molar-refractivity contribution < 1.29 is 253 Å². The molecule has 28 nitrogen and oxygen atoms in total. The zero-order valence-corrected chi connectivity index (χ0v) is 50.8. The fourth-order valence-corrected chi connectivity index (χ4v) is 9.37. The second kappa shape index (κ2) is 32.4. The fraction of sp³-hybridized carbons (Fsp3) is 0.185. The number of azo groups is 2. The minimum atomic E-state index is -5.52. The molecular weight excluding hydrogens is 1100 g/mol. The maximum atomic E-state index is 12.9. The number of phenolic OH excluding ortho intramolecular Hbond substituents is 1. The number of hydrogen-bond acceptors (Lipinski definition) is 31. The van der Waals surface area contributed by atoms with Gasteiger partial charge in [-0.15, -0.1) is 24.8 Å². The molecule has 4 aromatic carbocycles. The number of phenols is 1.